The molecule has 102 valence electrons. The lowest BCUT2D eigenvalue weighted by Gasteiger charge is -2.34. The van der Waals surface area contributed by atoms with Crippen molar-refractivity contribution >= 4 is 54.2 Å². The summed E-state index contributed by atoms with van der Waals surface area (Å²) in [6, 6.07) is 6.83. The molecule has 4 rings (SSSR count). The number of halogens is 2. The topological polar surface area (TPSA) is 51.2 Å². The second-order valence-corrected chi connectivity index (χ2v) is 10.8. The molecular weight excluding hydrogens is 408 g/mol. The average molecular weight is 416 g/mol. The van der Waals surface area contributed by atoms with Crippen LogP contribution in [0.3, 0.4) is 0 Å². The van der Waals surface area contributed by atoms with Crippen molar-refractivity contribution in [3.05, 3.63) is 47.5 Å². The SMILES string of the molecule is O=C1c2ccccc2C(=O)C2C1C1(Br)C=CC2(Br)S1=O. The van der Waals surface area contributed by atoms with Crippen molar-refractivity contribution < 1.29 is 13.8 Å². The number of fused-ring (bicyclic) bond motifs is 6. The van der Waals surface area contributed by atoms with Crippen molar-refractivity contribution in [1.29, 1.82) is 0 Å². The van der Waals surface area contributed by atoms with Crippen molar-refractivity contribution in [1.82, 2.24) is 0 Å². The zero-order chi connectivity index (χ0) is 14.3. The van der Waals surface area contributed by atoms with Crippen LogP contribution in [0.15, 0.2) is 36.4 Å². The van der Waals surface area contributed by atoms with Gasteiger partial charge in [-0.15, -0.1) is 0 Å². The third-order valence-electron chi connectivity index (χ3n) is 4.31. The third kappa shape index (κ3) is 1.24. The van der Waals surface area contributed by atoms with Gasteiger partial charge in [-0.25, -0.2) is 0 Å². The molecule has 0 spiro atoms. The predicted octanol–water partition coefficient (Wildman–Crippen LogP) is 2.81. The van der Waals surface area contributed by atoms with Crippen LogP contribution in [0, 0.1) is 11.8 Å². The smallest absolute Gasteiger partial charge is 0.170 e. The second-order valence-electron chi connectivity index (χ2n) is 5.23. The Hall–Kier alpha value is -0.590. The van der Waals surface area contributed by atoms with Crippen LogP contribution in [0.2, 0.25) is 0 Å². The van der Waals surface area contributed by atoms with Crippen LogP contribution in [-0.4, -0.2) is 23.1 Å². The van der Waals surface area contributed by atoms with Crippen LogP contribution in [-0.2, 0) is 10.8 Å². The Kier molecular flexibility index (Phi) is 2.48. The number of hydrogen-bond acceptors (Lipinski definition) is 3. The maximum Gasteiger partial charge on any atom is 0.170 e. The molecule has 2 aliphatic heterocycles. The fourth-order valence-electron chi connectivity index (χ4n) is 3.39. The molecule has 1 aliphatic carbocycles. The van der Waals surface area contributed by atoms with Crippen molar-refractivity contribution in [3.8, 4) is 0 Å². The number of Topliss-reactive ketones (excluding diaryl/α,β-unsaturated/α-hetero) is 2. The van der Waals surface area contributed by atoms with Crippen LogP contribution >= 0.6 is 31.9 Å². The first-order valence-corrected chi connectivity index (χ1v) is 8.82. The molecule has 4 unspecified atom stereocenters. The van der Waals surface area contributed by atoms with E-state index >= 15 is 0 Å². The van der Waals surface area contributed by atoms with Gasteiger partial charge in [-0.1, -0.05) is 68.3 Å². The summed E-state index contributed by atoms with van der Waals surface area (Å²) in [5, 5.41) is 0. The summed E-state index contributed by atoms with van der Waals surface area (Å²) in [4.78, 5) is 25.5. The first-order chi connectivity index (χ1) is 9.41. The van der Waals surface area contributed by atoms with E-state index in [0.29, 0.717) is 11.1 Å². The molecule has 1 saturated heterocycles. The molecule has 3 nitrogen and oxygen atoms in total. The average Bonchev–Trinajstić information content (AvgIpc) is 2.78. The van der Waals surface area contributed by atoms with Crippen molar-refractivity contribution in [3.63, 3.8) is 0 Å². The summed E-state index contributed by atoms with van der Waals surface area (Å²) in [5.74, 6) is -1.45. The lowest BCUT2D eigenvalue weighted by atomic mass is 9.69. The zero-order valence-electron chi connectivity index (χ0n) is 10.0. The molecule has 3 aliphatic rings. The van der Waals surface area contributed by atoms with Crippen LogP contribution in [0.5, 0.6) is 0 Å². The van der Waals surface area contributed by atoms with Crippen molar-refractivity contribution in [2.24, 2.45) is 11.8 Å². The van der Waals surface area contributed by atoms with E-state index in [4.69, 9.17) is 0 Å². The van der Waals surface area contributed by atoms with Crippen LogP contribution in [0.25, 0.3) is 0 Å². The molecule has 20 heavy (non-hydrogen) atoms. The Morgan fingerprint density at radius 2 is 1.30 bits per heavy atom. The summed E-state index contributed by atoms with van der Waals surface area (Å²) in [6.45, 7) is 0. The molecule has 0 amide bonds. The molecule has 1 aromatic carbocycles. The van der Waals surface area contributed by atoms with E-state index in [-0.39, 0.29) is 11.6 Å². The monoisotopic (exact) mass is 414 g/mol. The number of rotatable bonds is 0. The molecular formula is C14H8Br2O3S. The van der Waals surface area contributed by atoms with Crippen LogP contribution < -0.4 is 0 Å². The minimum absolute atomic E-state index is 0.110. The van der Waals surface area contributed by atoms with Gasteiger partial charge in [-0.05, 0) is 0 Å². The molecule has 6 heteroatoms. The second kappa shape index (κ2) is 3.78. The van der Waals surface area contributed by atoms with E-state index < -0.39 is 29.9 Å². The van der Waals surface area contributed by atoms with Crippen molar-refractivity contribution in [2.75, 3.05) is 0 Å². The zero-order valence-corrected chi connectivity index (χ0v) is 14.0. The lowest BCUT2D eigenvalue weighted by molar-refractivity contribution is 0.0742. The molecule has 1 fully saturated rings. The van der Waals surface area contributed by atoms with Gasteiger partial charge < -0.3 is 0 Å². The Morgan fingerprint density at radius 1 is 0.900 bits per heavy atom. The van der Waals surface area contributed by atoms with Gasteiger partial charge in [0.05, 0.1) is 22.6 Å². The molecule has 2 heterocycles. The van der Waals surface area contributed by atoms with Gasteiger partial charge in [-0.2, -0.15) is 0 Å². The first-order valence-electron chi connectivity index (χ1n) is 6.09. The molecule has 2 bridgehead atoms. The molecule has 0 aromatic heterocycles. The Bertz CT molecular complexity index is 685. The predicted molar refractivity (Wildman–Crippen MR) is 82.7 cm³/mol. The minimum Gasteiger partial charge on any atom is -0.294 e. The van der Waals surface area contributed by atoms with Gasteiger partial charge in [0.15, 0.2) is 11.6 Å². The standard InChI is InChI=1S/C14H8Br2O3S/c15-13-5-6-14(16,20(13)19)10-9(13)11(17)7-3-1-2-4-8(7)12(10)18/h1-6,9-10H. The maximum absolute atomic E-state index is 12.8. The number of hydrogen-bond donors (Lipinski definition) is 0. The molecule has 0 N–H and O–H groups in total. The van der Waals surface area contributed by atoms with E-state index in [0.717, 1.165) is 0 Å². The Balaban J connectivity index is 2.03. The number of carbonyl (C=O) groups is 2. The molecule has 1 aromatic rings. The van der Waals surface area contributed by atoms with E-state index in [2.05, 4.69) is 31.9 Å². The summed E-state index contributed by atoms with van der Waals surface area (Å²) in [7, 11) is -1.40. The quantitative estimate of drug-likeness (QED) is 0.483. The van der Waals surface area contributed by atoms with E-state index in [1.165, 1.54) is 0 Å². The van der Waals surface area contributed by atoms with E-state index in [1.807, 2.05) is 0 Å². The summed E-state index contributed by atoms with van der Waals surface area (Å²) < 4.78 is 10.8. The van der Waals surface area contributed by atoms with Gasteiger partial charge in [-0.3, -0.25) is 13.8 Å². The van der Waals surface area contributed by atoms with Crippen LogP contribution in [0.4, 0.5) is 0 Å². The fourth-order valence-corrected chi connectivity index (χ4v) is 8.67. The van der Waals surface area contributed by atoms with Gasteiger partial charge in [0.2, 0.25) is 0 Å². The lowest BCUT2D eigenvalue weighted by Crippen LogP contribution is -2.46. The summed E-state index contributed by atoms with van der Waals surface area (Å²) in [6.07, 6.45) is 3.50. The van der Waals surface area contributed by atoms with Gasteiger partial charge in [0.25, 0.3) is 0 Å². The Labute approximate surface area is 134 Å². The van der Waals surface area contributed by atoms with E-state index in [9.17, 15) is 13.8 Å². The van der Waals surface area contributed by atoms with Gasteiger partial charge >= 0.3 is 0 Å². The first kappa shape index (κ1) is 13.1. The van der Waals surface area contributed by atoms with Gasteiger partial charge in [0, 0.05) is 11.1 Å². The Morgan fingerprint density at radius 3 is 1.70 bits per heavy atom. The third-order valence-corrected chi connectivity index (χ3v) is 9.51. The molecule has 0 radical (unpaired) electrons. The maximum atomic E-state index is 12.8. The van der Waals surface area contributed by atoms with E-state index in [1.54, 1.807) is 36.4 Å². The normalized spacial score (nSPS) is 44.6. The number of ketones is 2. The highest BCUT2D eigenvalue weighted by Gasteiger charge is 2.72. The summed E-state index contributed by atoms with van der Waals surface area (Å²) in [5.41, 5.74) is 0.873. The van der Waals surface area contributed by atoms with Gasteiger partial charge in [0.1, 0.15) is 7.31 Å². The number of carbonyl (C=O) groups excluding carboxylic acids is 2. The number of benzene rings is 1. The highest BCUT2D eigenvalue weighted by Crippen LogP contribution is 2.64. The van der Waals surface area contributed by atoms with Crippen molar-refractivity contribution in [2.45, 2.75) is 7.31 Å². The number of alkyl halides is 2. The molecule has 4 atom stereocenters. The minimum atomic E-state index is -1.40. The highest BCUT2D eigenvalue weighted by molar-refractivity contribution is 9.14. The highest BCUT2D eigenvalue weighted by atomic mass is 79.9. The fraction of sp³-hybridized carbons (Fsp3) is 0.286. The largest absolute Gasteiger partial charge is 0.294 e. The molecule has 0 saturated carbocycles. The van der Waals surface area contributed by atoms with Crippen LogP contribution in [0.1, 0.15) is 20.7 Å². The summed E-state index contributed by atoms with van der Waals surface area (Å²) >= 11 is 6.92.